The lowest BCUT2D eigenvalue weighted by Crippen LogP contribution is -2.36. The second-order valence-corrected chi connectivity index (χ2v) is 7.31. The topological polar surface area (TPSA) is 80.1 Å². The summed E-state index contributed by atoms with van der Waals surface area (Å²) in [7, 11) is -3.47. The average Bonchev–Trinajstić information content (AvgIpc) is 2.60. The van der Waals surface area contributed by atoms with E-state index in [9.17, 15) is 8.42 Å². The van der Waals surface area contributed by atoms with Gasteiger partial charge in [-0.3, -0.25) is 0 Å². The van der Waals surface area contributed by atoms with Crippen LogP contribution in [0.2, 0.25) is 0 Å². The van der Waals surface area contributed by atoms with Crippen LogP contribution in [-0.2, 0) is 10.0 Å². The minimum absolute atomic E-state index is 0.120. The molecule has 1 aliphatic heterocycles. The Kier molecular flexibility index (Phi) is 4.96. The molecule has 2 aromatic carbocycles. The van der Waals surface area contributed by atoms with Crippen LogP contribution in [0.25, 0.3) is 0 Å². The van der Waals surface area contributed by atoms with Gasteiger partial charge in [-0.05, 0) is 37.1 Å². The average molecular weight is 357 g/mol. The number of aryl methyl sites for hydroxylation is 1. The molecule has 7 heteroatoms. The molecule has 0 aliphatic carbocycles. The molecule has 0 bridgehead atoms. The molecule has 3 rings (SSSR count). The molecule has 0 saturated carbocycles. The van der Waals surface area contributed by atoms with E-state index >= 15 is 0 Å². The van der Waals surface area contributed by atoms with Crippen LogP contribution in [0.5, 0.6) is 5.75 Å². The Morgan fingerprint density at radius 2 is 2.04 bits per heavy atom. The van der Waals surface area contributed by atoms with Crippen molar-refractivity contribution in [2.45, 2.75) is 18.7 Å². The Morgan fingerprint density at radius 3 is 2.84 bits per heavy atom. The van der Waals surface area contributed by atoms with Crippen molar-refractivity contribution < 1.29 is 13.2 Å². The number of fused-ring (bicyclic) bond motifs is 1. The Labute approximate surface area is 147 Å². The number of rotatable bonds is 4. The molecule has 25 heavy (non-hydrogen) atoms. The first-order valence-corrected chi connectivity index (χ1v) is 9.42. The molecule has 0 amide bonds. The van der Waals surface area contributed by atoms with Gasteiger partial charge in [0.05, 0.1) is 30.0 Å². The SMILES string of the molecule is CCOc1cc(/C=N/N=C2\CNS(=O)(=O)c3ccccc32)ccc1C. The summed E-state index contributed by atoms with van der Waals surface area (Å²) in [6, 6.07) is 12.6. The monoisotopic (exact) mass is 357 g/mol. The number of sulfonamides is 1. The minimum atomic E-state index is -3.47. The largest absolute Gasteiger partial charge is 0.494 e. The zero-order valence-electron chi connectivity index (χ0n) is 14.1. The second kappa shape index (κ2) is 7.16. The Morgan fingerprint density at radius 1 is 1.24 bits per heavy atom. The van der Waals surface area contributed by atoms with Crippen LogP contribution < -0.4 is 9.46 Å². The first kappa shape index (κ1) is 17.3. The number of nitrogens with zero attached hydrogens (tertiary/aromatic N) is 2. The van der Waals surface area contributed by atoms with E-state index in [4.69, 9.17) is 4.74 Å². The third-order valence-corrected chi connectivity index (χ3v) is 5.27. The van der Waals surface area contributed by atoms with Crippen molar-refractivity contribution >= 4 is 21.9 Å². The summed E-state index contributed by atoms with van der Waals surface area (Å²) in [6.45, 7) is 4.64. The fourth-order valence-electron chi connectivity index (χ4n) is 2.54. The van der Waals surface area contributed by atoms with Gasteiger partial charge in [-0.15, -0.1) is 0 Å². The van der Waals surface area contributed by atoms with E-state index in [1.807, 2.05) is 32.0 Å². The van der Waals surface area contributed by atoms with Crippen molar-refractivity contribution in [2.24, 2.45) is 10.2 Å². The Balaban J connectivity index is 1.88. The molecule has 0 fully saturated rings. The van der Waals surface area contributed by atoms with Gasteiger partial charge in [-0.25, -0.2) is 13.1 Å². The molecular formula is C18H19N3O3S. The third-order valence-electron chi connectivity index (χ3n) is 3.81. The Bertz CT molecular complexity index is 950. The quantitative estimate of drug-likeness (QED) is 0.674. The van der Waals surface area contributed by atoms with Gasteiger partial charge in [0.15, 0.2) is 0 Å². The molecule has 0 spiro atoms. The number of hydrogen-bond donors (Lipinski definition) is 1. The molecule has 1 heterocycles. The van der Waals surface area contributed by atoms with E-state index < -0.39 is 10.0 Å². The van der Waals surface area contributed by atoms with Crippen LogP contribution in [0, 0.1) is 6.92 Å². The molecule has 1 aliphatic rings. The number of nitrogens with one attached hydrogen (secondary N) is 1. The van der Waals surface area contributed by atoms with Crippen LogP contribution in [0.1, 0.15) is 23.6 Å². The van der Waals surface area contributed by atoms with Gasteiger partial charge >= 0.3 is 0 Å². The van der Waals surface area contributed by atoms with Gasteiger partial charge in [-0.2, -0.15) is 10.2 Å². The van der Waals surface area contributed by atoms with Crippen molar-refractivity contribution in [3.8, 4) is 5.75 Å². The highest BCUT2D eigenvalue weighted by Gasteiger charge is 2.26. The van der Waals surface area contributed by atoms with Crippen LogP contribution in [-0.4, -0.2) is 33.5 Å². The molecular weight excluding hydrogens is 338 g/mol. The molecule has 0 unspecified atom stereocenters. The molecule has 2 aromatic rings. The summed E-state index contributed by atoms with van der Waals surface area (Å²) in [5, 5.41) is 8.32. The molecule has 0 radical (unpaired) electrons. The van der Waals surface area contributed by atoms with Crippen molar-refractivity contribution in [1.82, 2.24) is 4.72 Å². The maximum Gasteiger partial charge on any atom is 0.241 e. The number of hydrogen-bond acceptors (Lipinski definition) is 5. The van der Waals surface area contributed by atoms with E-state index in [-0.39, 0.29) is 11.4 Å². The highest BCUT2D eigenvalue weighted by Crippen LogP contribution is 2.21. The second-order valence-electron chi connectivity index (χ2n) is 5.57. The highest BCUT2D eigenvalue weighted by atomic mass is 32.2. The van der Waals surface area contributed by atoms with Crippen molar-refractivity contribution in [3.63, 3.8) is 0 Å². The minimum Gasteiger partial charge on any atom is -0.494 e. The van der Waals surface area contributed by atoms with Crippen molar-refractivity contribution in [3.05, 3.63) is 59.2 Å². The summed E-state index contributed by atoms with van der Waals surface area (Å²) < 4.78 is 32.1. The molecule has 0 aromatic heterocycles. The zero-order chi connectivity index (χ0) is 17.9. The number of benzene rings is 2. The van der Waals surface area contributed by atoms with E-state index in [0.29, 0.717) is 17.9 Å². The smallest absolute Gasteiger partial charge is 0.241 e. The van der Waals surface area contributed by atoms with Crippen LogP contribution in [0.4, 0.5) is 0 Å². The molecule has 0 atom stereocenters. The third kappa shape index (κ3) is 3.78. The lowest BCUT2D eigenvalue weighted by Gasteiger charge is -2.17. The van der Waals surface area contributed by atoms with Crippen molar-refractivity contribution in [2.75, 3.05) is 13.2 Å². The maximum atomic E-state index is 12.0. The lowest BCUT2D eigenvalue weighted by atomic mass is 10.1. The van der Waals surface area contributed by atoms with E-state index in [1.165, 1.54) is 0 Å². The van der Waals surface area contributed by atoms with Gasteiger partial charge in [0.1, 0.15) is 5.75 Å². The molecule has 0 saturated heterocycles. The summed E-state index contributed by atoms with van der Waals surface area (Å²) in [5.74, 6) is 0.815. The predicted octanol–water partition coefficient (Wildman–Crippen LogP) is 2.51. The highest BCUT2D eigenvalue weighted by molar-refractivity contribution is 7.89. The fraction of sp³-hybridized carbons (Fsp3) is 0.222. The van der Waals surface area contributed by atoms with Gasteiger partial charge in [-0.1, -0.05) is 30.3 Å². The lowest BCUT2D eigenvalue weighted by molar-refractivity contribution is 0.338. The fourth-order valence-corrected chi connectivity index (χ4v) is 3.75. The summed E-state index contributed by atoms with van der Waals surface area (Å²) in [6.07, 6.45) is 1.63. The normalized spacial score (nSPS) is 17.6. The van der Waals surface area contributed by atoms with Crippen LogP contribution in [0.15, 0.2) is 57.6 Å². The van der Waals surface area contributed by atoms with E-state index in [1.54, 1.807) is 30.5 Å². The van der Waals surface area contributed by atoms with Gasteiger partial charge in [0.25, 0.3) is 0 Å². The van der Waals surface area contributed by atoms with E-state index in [2.05, 4.69) is 14.9 Å². The van der Waals surface area contributed by atoms with Crippen LogP contribution in [0.3, 0.4) is 0 Å². The predicted molar refractivity (Wildman–Crippen MR) is 98.1 cm³/mol. The zero-order valence-corrected chi connectivity index (χ0v) is 14.9. The Hall–Kier alpha value is -2.51. The summed E-state index contributed by atoms with van der Waals surface area (Å²) in [4.78, 5) is 0.226. The summed E-state index contributed by atoms with van der Waals surface area (Å²) in [5.41, 5.74) is 3.08. The standard InChI is InChI=1S/C18H19N3O3S/c1-3-24-17-10-14(9-8-13(17)2)11-19-21-16-12-20-25(22,23)18-7-5-4-6-15(16)18/h4-11,20H,3,12H2,1-2H3/b19-11+,21-16+. The van der Waals surface area contributed by atoms with Gasteiger partial charge in [0.2, 0.25) is 10.0 Å². The molecule has 130 valence electrons. The first-order chi connectivity index (χ1) is 12.0. The van der Waals surface area contributed by atoms with Gasteiger partial charge in [0, 0.05) is 5.56 Å². The van der Waals surface area contributed by atoms with Gasteiger partial charge < -0.3 is 4.74 Å². The number of ether oxygens (including phenoxy) is 1. The van der Waals surface area contributed by atoms with E-state index in [0.717, 1.165) is 16.9 Å². The molecule has 1 N–H and O–H groups in total. The summed E-state index contributed by atoms with van der Waals surface area (Å²) >= 11 is 0. The van der Waals surface area contributed by atoms with Crippen LogP contribution >= 0.6 is 0 Å². The maximum absolute atomic E-state index is 12.0. The van der Waals surface area contributed by atoms with Crippen molar-refractivity contribution in [1.29, 1.82) is 0 Å². The molecule has 6 nitrogen and oxygen atoms in total. The first-order valence-electron chi connectivity index (χ1n) is 7.93.